The molecule has 0 aromatic rings. The molecule has 0 bridgehead atoms. The molecule has 0 aromatic carbocycles. The van der Waals surface area contributed by atoms with Crippen molar-refractivity contribution in [2.75, 3.05) is 33.7 Å². The first kappa shape index (κ1) is 13.7. The first-order valence-electron chi connectivity index (χ1n) is 7.30. The van der Waals surface area contributed by atoms with E-state index in [0.29, 0.717) is 0 Å². The summed E-state index contributed by atoms with van der Waals surface area (Å²) in [5, 5.41) is 0. The van der Waals surface area contributed by atoms with Gasteiger partial charge < -0.3 is 15.5 Å². The zero-order chi connectivity index (χ0) is 13.2. The van der Waals surface area contributed by atoms with Crippen LogP contribution in [0.4, 0.5) is 0 Å². The van der Waals surface area contributed by atoms with E-state index in [0.717, 1.165) is 31.5 Å². The van der Waals surface area contributed by atoms with Crippen LogP contribution in [0.2, 0.25) is 0 Å². The molecule has 0 radical (unpaired) electrons. The molecule has 2 rings (SSSR count). The summed E-state index contributed by atoms with van der Waals surface area (Å²) in [5.74, 6) is 1.63. The number of guanidine groups is 1. The first-order chi connectivity index (χ1) is 8.57. The highest BCUT2D eigenvalue weighted by molar-refractivity contribution is 5.81. The maximum Gasteiger partial charge on any atom is 0.191 e. The van der Waals surface area contributed by atoms with Crippen molar-refractivity contribution in [3.05, 3.63) is 0 Å². The van der Waals surface area contributed by atoms with Gasteiger partial charge in [0, 0.05) is 13.1 Å². The molecule has 2 N–H and O–H groups in total. The summed E-state index contributed by atoms with van der Waals surface area (Å²) in [5.41, 5.74) is 6.36. The second-order valence-electron chi connectivity index (χ2n) is 6.22. The summed E-state index contributed by atoms with van der Waals surface area (Å²) < 4.78 is 0. The maximum atomic E-state index is 6.12. The van der Waals surface area contributed by atoms with Crippen LogP contribution in [0.25, 0.3) is 0 Å². The molecule has 104 valence electrons. The van der Waals surface area contributed by atoms with Gasteiger partial charge in [0.2, 0.25) is 0 Å². The van der Waals surface area contributed by atoms with E-state index in [1.54, 1.807) is 0 Å². The van der Waals surface area contributed by atoms with Crippen LogP contribution in [0.15, 0.2) is 4.99 Å². The summed E-state index contributed by atoms with van der Waals surface area (Å²) in [6.07, 6.45) is 6.56. The topological polar surface area (TPSA) is 44.9 Å². The van der Waals surface area contributed by atoms with E-state index < -0.39 is 0 Å². The number of nitrogens with zero attached hydrogens (tertiary/aromatic N) is 3. The van der Waals surface area contributed by atoms with Crippen LogP contribution in [0.3, 0.4) is 0 Å². The monoisotopic (exact) mass is 252 g/mol. The molecule has 4 nitrogen and oxygen atoms in total. The lowest BCUT2D eigenvalue weighted by Gasteiger charge is -2.45. The summed E-state index contributed by atoms with van der Waals surface area (Å²) in [4.78, 5) is 9.16. The van der Waals surface area contributed by atoms with Gasteiger partial charge in [-0.05, 0) is 32.9 Å². The van der Waals surface area contributed by atoms with Gasteiger partial charge in [0.15, 0.2) is 5.96 Å². The molecule has 1 saturated carbocycles. The molecule has 1 heterocycles. The Hall–Kier alpha value is -0.770. The van der Waals surface area contributed by atoms with Gasteiger partial charge in [-0.3, -0.25) is 4.99 Å². The number of hydrogen-bond acceptors (Lipinski definition) is 4. The van der Waals surface area contributed by atoms with Crippen LogP contribution in [0, 0.1) is 5.92 Å². The van der Waals surface area contributed by atoms with Crippen molar-refractivity contribution in [2.45, 2.75) is 44.6 Å². The third kappa shape index (κ3) is 2.63. The van der Waals surface area contributed by atoms with E-state index in [1.165, 1.54) is 32.1 Å². The minimum atomic E-state index is 0.249. The molecule has 18 heavy (non-hydrogen) atoms. The Morgan fingerprint density at radius 2 is 2.28 bits per heavy atom. The normalized spacial score (nSPS) is 32.3. The molecule has 1 aliphatic heterocycles. The van der Waals surface area contributed by atoms with E-state index in [1.807, 2.05) is 0 Å². The molecule has 2 aliphatic rings. The van der Waals surface area contributed by atoms with E-state index in [4.69, 9.17) is 5.73 Å². The fourth-order valence-electron chi connectivity index (χ4n) is 3.49. The molecule has 2 atom stereocenters. The van der Waals surface area contributed by atoms with Gasteiger partial charge in [-0.15, -0.1) is 0 Å². The summed E-state index contributed by atoms with van der Waals surface area (Å²) in [6, 6.07) is 0. The predicted molar refractivity (Wildman–Crippen MR) is 76.7 cm³/mol. The van der Waals surface area contributed by atoms with Crippen LogP contribution in [0.1, 0.15) is 39.0 Å². The number of rotatable bonds is 4. The number of hydrogen-bond donors (Lipinski definition) is 1. The Kier molecular flexibility index (Phi) is 4.15. The van der Waals surface area contributed by atoms with Crippen molar-refractivity contribution in [1.82, 2.24) is 9.80 Å². The largest absolute Gasteiger partial charge is 0.370 e. The number of nitrogens with two attached hydrogens (primary N) is 1. The third-order valence-corrected chi connectivity index (χ3v) is 4.66. The fourth-order valence-corrected chi connectivity index (χ4v) is 3.49. The van der Waals surface area contributed by atoms with Gasteiger partial charge in [-0.2, -0.15) is 0 Å². The average molecular weight is 252 g/mol. The molecular weight excluding hydrogens is 224 g/mol. The Morgan fingerprint density at radius 1 is 1.50 bits per heavy atom. The smallest absolute Gasteiger partial charge is 0.191 e. The van der Waals surface area contributed by atoms with Gasteiger partial charge in [0.25, 0.3) is 0 Å². The lowest BCUT2D eigenvalue weighted by atomic mass is 9.74. The van der Waals surface area contributed by atoms with Gasteiger partial charge in [0.1, 0.15) is 0 Å². The molecule has 4 heteroatoms. The van der Waals surface area contributed by atoms with E-state index in [-0.39, 0.29) is 5.54 Å². The Labute approximate surface area is 111 Å². The average Bonchev–Trinajstić information content (AvgIpc) is 2.64. The second-order valence-corrected chi connectivity index (χ2v) is 6.22. The molecule has 0 saturated heterocycles. The van der Waals surface area contributed by atoms with Gasteiger partial charge in [-0.25, -0.2) is 0 Å². The molecule has 0 amide bonds. The fraction of sp³-hybridized carbons (Fsp3) is 0.929. The molecule has 1 aliphatic carbocycles. The quantitative estimate of drug-likeness (QED) is 0.825. The minimum absolute atomic E-state index is 0.249. The summed E-state index contributed by atoms with van der Waals surface area (Å²) >= 11 is 0. The van der Waals surface area contributed by atoms with E-state index in [9.17, 15) is 0 Å². The Bertz CT molecular complexity index is 313. The second kappa shape index (κ2) is 5.47. The zero-order valence-electron chi connectivity index (χ0n) is 12.2. The zero-order valence-corrected chi connectivity index (χ0v) is 12.2. The highest BCUT2D eigenvalue weighted by Gasteiger charge is 2.44. The highest BCUT2D eigenvalue weighted by Crippen LogP contribution is 2.40. The molecule has 0 aromatic heterocycles. The lowest BCUT2D eigenvalue weighted by Crippen LogP contribution is -2.55. The molecule has 1 fully saturated rings. The van der Waals surface area contributed by atoms with Crippen molar-refractivity contribution in [3.8, 4) is 0 Å². The van der Waals surface area contributed by atoms with E-state index >= 15 is 0 Å². The Balaban J connectivity index is 2.06. The molecular formula is C14H28N4. The minimum Gasteiger partial charge on any atom is -0.370 e. The van der Waals surface area contributed by atoms with Gasteiger partial charge in [0.05, 0.1) is 12.1 Å². The van der Waals surface area contributed by atoms with Crippen LogP contribution >= 0.6 is 0 Å². The van der Waals surface area contributed by atoms with Gasteiger partial charge >= 0.3 is 0 Å². The SMILES string of the molecule is CCC1CCCC2(CN=C(N)N2CCN(C)C)C1. The van der Waals surface area contributed by atoms with Crippen LogP contribution in [0.5, 0.6) is 0 Å². The van der Waals surface area contributed by atoms with Crippen molar-refractivity contribution in [2.24, 2.45) is 16.6 Å². The van der Waals surface area contributed by atoms with Crippen LogP contribution < -0.4 is 5.73 Å². The van der Waals surface area contributed by atoms with Crippen molar-refractivity contribution in [1.29, 1.82) is 0 Å². The Morgan fingerprint density at radius 3 is 2.94 bits per heavy atom. The standard InChI is InChI=1S/C14H28N4/c1-4-12-6-5-7-14(10-12)11-16-13(15)18(14)9-8-17(2)3/h12H,4-11H2,1-3H3,(H2,15,16). The highest BCUT2D eigenvalue weighted by atomic mass is 15.4. The van der Waals surface area contributed by atoms with Crippen molar-refractivity contribution in [3.63, 3.8) is 0 Å². The lowest BCUT2D eigenvalue weighted by molar-refractivity contribution is 0.100. The summed E-state index contributed by atoms with van der Waals surface area (Å²) in [6.45, 7) is 5.29. The van der Waals surface area contributed by atoms with Crippen LogP contribution in [-0.2, 0) is 0 Å². The molecule has 2 unspecified atom stereocenters. The molecule has 1 spiro atoms. The van der Waals surface area contributed by atoms with Crippen molar-refractivity contribution < 1.29 is 0 Å². The maximum absolute atomic E-state index is 6.12. The predicted octanol–water partition coefficient (Wildman–Crippen LogP) is 1.52. The summed E-state index contributed by atoms with van der Waals surface area (Å²) in [7, 11) is 4.23. The van der Waals surface area contributed by atoms with Gasteiger partial charge in [-0.1, -0.05) is 26.2 Å². The van der Waals surface area contributed by atoms with Crippen molar-refractivity contribution >= 4 is 5.96 Å². The number of likely N-dealkylation sites (N-methyl/N-ethyl adjacent to an activating group) is 1. The van der Waals surface area contributed by atoms with E-state index in [2.05, 4.69) is 35.8 Å². The number of aliphatic imine (C=N–C) groups is 1. The van der Waals surface area contributed by atoms with Crippen LogP contribution in [-0.4, -0.2) is 55.0 Å². The first-order valence-corrected chi connectivity index (χ1v) is 7.30. The third-order valence-electron chi connectivity index (χ3n) is 4.66.